The zero-order chi connectivity index (χ0) is 15.2. The lowest BCUT2D eigenvalue weighted by atomic mass is 10.0. The fourth-order valence-electron chi connectivity index (χ4n) is 2.06. The predicted molar refractivity (Wildman–Crippen MR) is 80.5 cm³/mol. The van der Waals surface area contributed by atoms with Gasteiger partial charge in [0.2, 0.25) is 5.88 Å². The van der Waals surface area contributed by atoms with E-state index in [1.807, 2.05) is 19.1 Å². The van der Waals surface area contributed by atoms with Gasteiger partial charge in [-0.3, -0.25) is 10.1 Å². The van der Waals surface area contributed by atoms with Crippen LogP contribution in [0.4, 0.5) is 11.4 Å². The quantitative estimate of drug-likeness (QED) is 0.649. The lowest BCUT2D eigenvalue weighted by Crippen LogP contribution is -2.10. The average Bonchev–Trinajstić information content (AvgIpc) is 2.53. The summed E-state index contributed by atoms with van der Waals surface area (Å²) in [6.45, 7) is 2.02. The van der Waals surface area contributed by atoms with Gasteiger partial charge >= 0.3 is 0 Å². The Balaban J connectivity index is 2.18. The van der Waals surface area contributed by atoms with E-state index >= 15 is 0 Å². The number of methoxy groups -OCH3 is 1. The van der Waals surface area contributed by atoms with Crippen molar-refractivity contribution < 1.29 is 9.66 Å². The van der Waals surface area contributed by atoms with Crippen molar-refractivity contribution in [2.45, 2.75) is 19.4 Å². The van der Waals surface area contributed by atoms with Crippen molar-refractivity contribution in [3.8, 4) is 5.88 Å². The Hall–Kier alpha value is -2.63. The standard InChI is InChI=1S/C15H17N3O3/c1-3-14(11-5-4-6-13(9-11)18(19)20)17-12-7-8-15(21-2)16-10-12/h4-10,14,17H,3H2,1-2H3. The molecule has 0 aliphatic rings. The molecule has 1 heterocycles. The molecule has 1 aromatic carbocycles. The van der Waals surface area contributed by atoms with Crippen molar-refractivity contribution in [1.82, 2.24) is 4.98 Å². The highest BCUT2D eigenvalue weighted by atomic mass is 16.6. The minimum atomic E-state index is -0.384. The summed E-state index contributed by atoms with van der Waals surface area (Å²) in [5, 5.41) is 14.2. The van der Waals surface area contributed by atoms with E-state index in [9.17, 15) is 10.1 Å². The normalized spacial score (nSPS) is 11.7. The third kappa shape index (κ3) is 3.68. The van der Waals surface area contributed by atoms with E-state index < -0.39 is 0 Å². The van der Waals surface area contributed by atoms with Crippen molar-refractivity contribution in [3.05, 3.63) is 58.3 Å². The van der Waals surface area contributed by atoms with Gasteiger partial charge in [-0.1, -0.05) is 19.1 Å². The lowest BCUT2D eigenvalue weighted by Gasteiger charge is -2.18. The fraction of sp³-hybridized carbons (Fsp3) is 0.267. The molecule has 6 heteroatoms. The molecule has 1 aromatic heterocycles. The maximum absolute atomic E-state index is 10.9. The predicted octanol–water partition coefficient (Wildman–Crippen LogP) is 3.56. The second-order valence-corrected chi connectivity index (χ2v) is 4.55. The molecule has 2 aromatic rings. The number of aromatic nitrogens is 1. The summed E-state index contributed by atoms with van der Waals surface area (Å²) in [5.41, 5.74) is 1.82. The average molecular weight is 287 g/mol. The zero-order valence-electron chi connectivity index (χ0n) is 11.9. The number of benzene rings is 1. The second-order valence-electron chi connectivity index (χ2n) is 4.55. The lowest BCUT2D eigenvalue weighted by molar-refractivity contribution is -0.384. The Morgan fingerprint density at radius 2 is 2.19 bits per heavy atom. The molecule has 0 saturated carbocycles. The zero-order valence-corrected chi connectivity index (χ0v) is 11.9. The molecular formula is C15H17N3O3. The molecule has 1 unspecified atom stereocenters. The molecule has 110 valence electrons. The summed E-state index contributed by atoms with van der Waals surface area (Å²) in [6, 6.07) is 10.3. The van der Waals surface area contributed by atoms with E-state index in [4.69, 9.17) is 4.74 Å². The van der Waals surface area contributed by atoms with Gasteiger partial charge in [-0.2, -0.15) is 0 Å². The number of hydrogen-bond donors (Lipinski definition) is 1. The summed E-state index contributed by atoms with van der Waals surface area (Å²) in [4.78, 5) is 14.6. The van der Waals surface area contributed by atoms with Crippen molar-refractivity contribution in [2.75, 3.05) is 12.4 Å². The van der Waals surface area contributed by atoms with Crippen LogP contribution in [0.25, 0.3) is 0 Å². The van der Waals surface area contributed by atoms with E-state index in [1.165, 1.54) is 6.07 Å². The van der Waals surface area contributed by atoms with E-state index in [-0.39, 0.29) is 16.7 Å². The molecule has 0 aliphatic carbocycles. The van der Waals surface area contributed by atoms with E-state index in [0.29, 0.717) is 5.88 Å². The van der Waals surface area contributed by atoms with Gasteiger partial charge in [-0.15, -0.1) is 0 Å². The largest absolute Gasteiger partial charge is 0.481 e. The number of ether oxygens (including phenoxy) is 1. The number of nitro groups is 1. The molecule has 0 aliphatic heterocycles. The molecule has 0 spiro atoms. The van der Waals surface area contributed by atoms with Gasteiger partial charge in [0.15, 0.2) is 0 Å². The molecule has 0 saturated heterocycles. The Labute approximate surface area is 122 Å². The number of hydrogen-bond acceptors (Lipinski definition) is 5. The molecule has 6 nitrogen and oxygen atoms in total. The van der Waals surface area contributed by atoms with Gasteiger partial charge in [-0.05, 0) is 18.1 Å². The molecule has 1 N–H and O–H groups in total. The minimum absolute atomic E-state index is 0.0138. The number of rotatable bonds is 6. The Morgan fingerprint density at radius 3 is 2.76 bits per heavy atom. The third-order valence-electron chi connectivity index (χ3n) is 3.18. The first-order valence-electron chi connectivity index (χ1n) is 6.65. The first-order valence-corrected chi connectivity index (χ1v) is 6.65. The highest BCUT2D eigenvalue weighted by Gasteiger charge is 2.13. The summed E-state index contributed by atoms with van der Waals surface area (Å²) in [5.74, 6) is 0.545. The van der Waals surface area contributed by atoms with Crippen LogP contribution in [0.15, 0.2) is 42.6 Å². The number of nitrogens with one attached hydrogen (secondary N) is 1. The van der Waals surface area contributed by atoms with Crippen LogP contribution in [0.5, 0.6) is 5.88 Å². The van der Waals surface area contributed by atoms with E-state index in [0.717, 1.165) is 17.7 Å². The van der Waals surface area contributed by atoms with Crippen molar-refractivity contribution in [2.24, 2.45) is 0 Å². The molecule has 21 heavy (non-hydrogen) atoms. The van der Waals surface area contributed by atoms with Crippen molar-refractivity contribution >= 4 is 11.4 Å². The first kappa shape index (κ1) is 14.8. The highest BCUT2D eigenvalue weighted by molar-refractivity contribution is 5.46. The first-order chi connectivity index (χ1) is 10.1. The van der Waals surface area contributed by atoms with Crippen LogP contribution in [-0.2, 0) is 0 Å². The van der Waals surface area contributed by atoms with Crippen LogP contribution in [0.3, 0.4) is 0 Å². The molecule has 0 fully saturated rings. The Morgan fingerprint density at radius 1 is 1.38 bits per heavy atom. The summed E-state index contributed by atoms with van der Waals surface area (Å²) < 4.78 is 5.01. The van der Waals surface area contributed by atoms with Crippen LogP contribution in [-0.4, -0.2) is 17.0 Å². The number of pyridine rings is 1. The van der Waals surface area contributed by atoms with E-state index in [1.54, 1.807) is 31.5 Å². The number of non-ortho nitro benzene ring substituents is 1. The highest BCUT2D eigenvalue weighted by Crippen LogP contribution is 2.25. The minimum Gasteiger partial charge on any atom is -0.481 e. The SMILES string of the molecule is CCC(Nc1ccc(OC)nc1)c1cccc([N+](=O)[O-])c1. The maximum atomic E-state index is 10.9. The topological polar surface area (TPSA) is 77.3 Å². The summed E-state index contributed by atoms with van der Waals surface area (Å²) in [6.07, 6.45) is 2.48. The van der Waals surface area contributed by atoms with Gasteiger partial charge < -0.3 is 10.1 Å². The van der Waals surface area contributed by atoms with Crippen molar-refractivity contribution in [1.29, 1.82) is 0 Å². The van der Waals surface area contributed by atoms with Crippen LogP contribution in [0.1, 0.15) is 24.9 Å². The molecule has 1 atom stereocenters. The van der Waals surface area contributed by atoms with Crippen LogP contribution < -0.4 is 10.1 Å². The molecule has 0 radical (unpaired) electrons. The molecule has 0 bridgehead atoms. The Bertz CT molecular complexity index is 614. The second kappa shape index (κ2) is 6.69. The van der Waals surface area contributed by atoms with Crippen molar-refractivity contribution in [3.63, 3.8) is 0 Å². The molecule has 2 rings (SSSR count). The number of nitro benzene ring substituents is 1. The maximum Gasteiger partial charge on any atom is 0.269 e. The smallest absolute Gasteiger partial charge is 0.269 e. The van der Waals surface area contributed by atoms with E-state index in [2.05, 4.69) is 10.3 Å². The third-order valence-corrected chi connectivity index (χ3v) is 3.18. The number of anilines is 1. The fourth-order valence-corrected chi connectivity index (χ4v) is 2.06. The molecular weight excluding hydrogens is 270 g/mol. The van der Waals surface area contributed by atoms with Crippen LogP contribution in [0.2, 0.25) is 0 Å². The monoisotopic (exact) mass is 287 g/mol. The Kier molecular flexibility index (Phi) is 4.71. The van der Waals surface area contributed by atoms with Crippen LogP contribution >= 0.6 is 0 Å². The summed E-state index contributed by atoms with van der Waals surface area (Å²) >= 11 is 0. The van der Waals surface area contributed by atoms with Gasteiger partial charge in [0, 0.05) is 18.2 Å². The van der Waals surface area contributed by atoms with Gasteiger partial charge in [-0.25, -0.2) is 4.98 Å². The molecule has 0 amide bonds. The van der Waals surface area contributed by atoms with Gasteiger partial charge in [0.25, 0.3) is 5.69 Å². The number of nitrogens with zero attached hydrogens (tertiary/aromatic N) is 2. The van der Waals surface area contributed by atoms with Gasteiger partial charge in [0.05, 0.1) is 30.0 Å². The van der Waals surface area contributed by atoms with Crippen LogP contribution in [0, 0.1) is 10.1 Å². The summed E-state index contributed by atoms with van der Waals surface area (Å²) in [7, 11) is 1.56. The van der Waals surface area contributed by atoms with Gasteiger partial charge in [0.1, 0.15) is 0 Å².